The summed E-state index contributed by atoms with van der Waals surface area (Å²) in [6, 6.07) is 0. The minimum atomic E-state index is -0.174. The van der Waals surface area contributed by atoms with Crippen LogP contribution in [0, 0.1) is 5.41 Å². The molecular formula is C10H18N2O3. The third-order valence-corrected chi connectivity index (χ3v) is 2.87. The van der Waals surface area contributed by atoms with Gasteiger partial charge in [-0.2, -0.15) is 0 Å². The average Bonchev–Trinajstić information content (AvgIpc) is 2.95. The van der Waals surface area contributed by atoms with Gasteiger partial charge >= 0.3 is 0 Å². The number of nitrogens with zero attached hydrogens (tertiary/aromatic N) is 1. The number of amides is 2. The van der Waals surface area contributed by atoms with Crippen molar-refractivity contribution in [2.24, 2.45) is 5.41 Å². The molecule has 0 unspecified atom stereocenters. The lowest BCUT2D eigenvalue weighted by Gasteiger charge is -2.16. The molecule has 5 nitrogen and oxygen atoms in total. The van der Waals surface area contributed by atoms with Gasteiger partial charge in [-0.1, -0.05) is 0 Å². The van der Waals surface area contributed by atoms with Crippen LogP contribution in [0.5, 0.6) is 0 Å². The van der Waals surface area contributed by atoms with E-state index in [1.165, 1.54) is 11.8 Å². The maximum atomic E-state index is 11.4. The van der Waals surface area contributed by atoms with Crippen LogP contribution in [0.4, 0.5) is 0 Å². The predicted molar refractivity (Wildman–Crippen MR) is 55.1 cm³/mol. The third-order valence-electron chi connectivity index (χ3n) is 2.87. The van der Waals surface area contributed by atoms with Crippen LogP contribution in [0.15, 0.2) is 0 Å². The molecular weight excluding hydrogens is 196 g/mol. The van der Waals surface area contributed by atoms with Crippen LogP contribution in [-0.2, 0) is 9.59 Å². The van der Waals surface area contributed by atoms with Crippen molar-refractivity contribution in [3.63, 3.8) is 0 Å². The predicted octanol–water partition coefficient (Wildman–Crippen LogP) is -0.647. The zero-order valence-corrected chi connectivity index (χ0v) is 9.25. The molecule has 2 N–H and O–H groups in total. The molecule has 1 saturated carbocycles. The Balaban J connectivity index is 2.22. The summed E-state index contributed by atoms with van der Waals surface area (Å²) in [7, 11) is 1.58. The fraction of sp³-hybridized carbons (Fsp3) is 0.800. The second-order valence-electron chi connectivity index (χ2n) is 4.31. The monoisotopic (exact) mass is 214 g/mol. The van der Waals surface area contributed by atoms with Crippen LogP contribution in [0.25, 0.3) is 0 Å². The molecule has 86 valence electrons. The van der Waals surface area contributed by atoms with Gasteiger partial charge in [0, 0.05) is 25.9 Å². The summed E-state index contributed by atoms with van der Waals surface area (Å²) in [6.45, 7) is 2.13. The number of aliphatic hydroxyl groups is 1. The molecule has 0 aromatic carbocycles. The number of carbonyl (C=O) groups excluding carboxylic acids is 2. The van der Waals surface area contributed by atoms with Gasteiger partial charge in [-0.15, -0.1) is 0 Å². The topological polar surface area (TPSA) is 69.6 Å². The van der Waals surface area contributed by atoms with Gasteiger partial charge in [0.2, 0.25) is 11.8 Å². The Hall–Kier alpha value is -1.10. The number of hydrogen-bond acceptors (Lipinski definition) is 3. The summed E-state index contributed by atoms with van der Waals surface area (Å²) in [5.74, 6) is -0.305. The van der Waals surface area contributed by atoms with Crippen molar-refractivity contribution in [1.82, 2.24) is 10.2 Å². The van der Waals surface area contributed by atoms with Crippen molar-refractivity contribution in [2.45, 2.75) is 19.8 Å². The summed E-state index contributed by atoms with van der Waals surface area (Å²) < 4.78 is 0. The summed E-state index contributed by atoms with van der Waals surface area (Å²) in [5, 5.41) is 11.8. The third kappa shape index (κ3) is 3.51. The molecule has 15 heavy (non-hydrogen) atoms. The highest BCUT2D eigenvalue weighted by Gasteiger charge is 2.42. The van der Waals surface area contributed by atoms with E-state index in [0.29, 0.717) is 6.54 Å². The van der Waals surface area contributed by atoms with Gasteiger partial charge < -0.3 is 15.3 Å². The molecule has 1 rings (SSSR count). The molecule has 2 amide bonds. The Morgan fingerprint density at radius 2 is 2.07 bits per heavy atom. The molecule has 0 spiro atoms. The second-order valence-corrected chi connectivity index (χ2v) is 4.31. The molecule has 1 fully saturated rings. The van der Waals surface area contributed by atoms with E-state index in [1.807, 2.05) is 0 Å². The zero-order chi connectivity index (χ0) is 11.5. The molecule has 0 bridgehead atoms. The number of likely N-dealkylation sites (N-methyl/N-ethyl adjacent to an activating group) is 1. The van der Waals surface area contributed by atoms with E-state index in [9.17, 15) is 9.59 Å². The number of rotatable bonds is 5. The normalized spacial score (nSPS) is 17.0. The second kappa shape index (κ2) is 4.61. The number of hydrogen-bond donors (Lipinski definition) is 2. The van der Waals surface area contributed by atoms with E-state index in [-0.39, 0.29) is 30.4 Å². The maximum Gasteiger partial charge on any atom is 0.239 e. The van der Waals surface area contributed by atoms with E-state index in [1.54, 1.807) is 7.05 Å². The van der Waals surface area contributed by atoms with E-state index in [0.717, 1.165) is 12.8 Å². The van der Waals surface area contributed by atoms with Crippen molar-refractivity contribution in [1.29, 1.82) is 0 Å². The number of nitrogens with one attached hydrogen (secondary N) is 1. The van der Waals surface area contributed by atoms with E-state index in [4.69, 9.17) is 5.11 Å². The standard InChI is InChI=1S/C10H18N2O3/c1-8(14)12(2)5-9(15)11-6-10(7-13)3-4-10/h13H,3-7H2,1-2H3,(H,11,15). The quantitative estimate of drug-likeness (QED) is 0.639. The lowest BCUT2D eigenvalue weighted by Crippen LogP contribution is -2.40. The molecule has 0 heterocycles. The molecule has 0 atom stereocenters. The van der Waals surface area contributed by atoms with Crippen LogP contribution >= 0.6 is 0 Å². The van der Waals surface area contributed by atoms with Gasteiger partial charge in [0.1, 0.15) is 0 Å². The number of aliphatic hydroxyl groups excluding tert-OH is 1. The van der Waals surface area contributed by atoms with Gasteiger partial charge in [0.15, 0.2) is 0 Å². The van der Waals surface area contributed by atoms with Crippen LogP contribution in [0.1, 0.15) is 19.8 Å². The average molecular weight is 214 g/mol. The fourth-order valence-corrected chi connectivity index (χ4v) is 1.24. The summed E-state index contributed by atoms with van der Waals surface area (Å²) in [5.41, 5.74) is -0.0789. The Labute approximate surface area is 89.4 Å². The molecule has 0 radical (unpaired) electrons. The highest BCUT2D eigenvalue weighted by Crippen LogP contribution is 2.44. The van der Waals surface area contributed by atoms with Gasteiger partial charge in [0.25, 0.3) is 0 Å². The zero-order valence-electron chi connectivity index (χ0n) is 9.25. The van der Waals surface area contributed by atoms with E-state index in [2.05, 4.69) is 5.32 Å². The molecule has 0 aliphatic heterocycles. The van der Waals surface area contributed by atoms with Crippen molar-refractivity contribution in [3.8, 4) is 0 Å². The van der Waals surface area contributed by atoms with Gasteiger partial charge in [-0.05, 0) is 12.8 Å². The highest BCUT2D eigenvalue weighted by atomic mass is 16.3. The van der Waals surface area contributed by atoms with Crippen LogP contribution in [0.3, 0.4) is 0 Å². The smallest absolute Gasteiger partial charge is 0.239 e. The Morgan fingerprint density at radius 3 is 2.47 bits per heavy atom. The Morgan fingerprint density at radius 1 is 1.47 bits per heavy atom. The first-order valence-corrected chi connectivity index (χ1v) is 5.08. The fourth-order valence-electron chi connectivity index (χ4n) is 1.24. The molecule has 0 aromatic heterocycles. The molecule has 5 heteroatoms. The van der Waals surface area contributed by atoms with Gasteiger partial charge in [-0.3, -0.25) is 9.59 Å². The van der Waals surface area contributed by atoms with Crippen molar-refractivity contribution in [2.75, 3.05) is 26.7 Å². The minimum Gasteiger partial charge on any atom is -0.396 e. The first kappa shape index (κ1) is 12.0. The molecule has 0 saturated heterocycles. The summed E-state index contributed by atoms with van der Waals surface area (Å²) >= 11 is 0. The van der Waals surface area contributed by atoms with E-state index >= 15 is 0 Å². The molecule has 0 aromatic rings. The Bertz CT molecular complexity index is 261. The minimum absolute atomic E-state index is 0.0789. The van der Waals surface area contributed by atoms with Gasteiger partial charge in [0.05, 0.1) is 13.2 Å². The SMILES string of the molecule is CC(=O)N(C)CC(=O)NCC1(CO)CC1. The maximum absolute atomic E-state index is 11.4. The lowest BCUT2D eigenvalue weighted by molar-refractivity contribution is -0.133. The van der Waals surface area contributed by atoms with Crippen LogP contribution < -0.4 is 5.32 Å². The summed E-state index contributed by atoms with van der Waals surface area (Å²) in [6.07, 6.45) is 1.93. The van der Waals surface area contributed by atoms with Crippen molar-refractivity contribution < 1.29 is 14.7 Å². The number of carbonyl (C=O) groups is 2. The first-order valence-electron chi connectivity index (χ1n) is 5.08. The van der Waals surface area contributed by atoms with E-state index < -0.39 is 0 Å². The molecule has 1 aliphatic rings. The molecule has 1 aliphatic carbocycles. The Kier molecular flexibility index (Phi) is 3.68. The highest BCUT2D eigenvalue weighted by molar-refractivity contribution is 5.83. The van der Waals surface area contributed by atoms with Crippen molar-refractivity contribution >= 4 is 11.8 Å². The summed E-state index contributed by atoms with van der Waals surface area (Å²) in [4.78, 5) is 23.6. The van der Waals surface area contributed by atoms with Gasteiger partial charge in [-0.25, -0.2) is 0 Å². The van der Waals surface area contributed by atoms with Crippen molar-refractivity contribution in [3.05, 3.63) is 0 Å². The lowest BCUT2D eigenvalue weighted by atomic mass is 10.1. The van der Waals surface area contributed by atoms with Crippen LogP contribution in [0.2, 0.25) is 0 Å². The first-order chi connectivity index (χ1) is 6.99. The largest absolute Gasteiger partial charge is 0.396 e. The van der Waals surface area contributed by atoms with Crippen LogP contribution in [-0.4, -0.2) is 48.6 Å².